The molecule has 2 heterocycles. The summed E-state index contributed by atoms with van der Waals surface area (Å²) in [6, 6.07) is 16.0. The van der Waals surface area contributed by atoms with E-state index in [-0.39, 0.29) is 6.04 Å². The van der Waals surface area contributed by atoms with Gasteiger partial charge in [0.15, 0.2) is 0 Å². The van der Waals surface area contributed by atoms with Crippen molar-refractivity contribution in [2.75, 3.05) is 13.7 Å². The Morgan fingerprint density at radius 1 is 1.15 bits per heavy atom. The maximum absolute atomic E-state index is 5.69. The fraction of sp³-hybridized carbons (Fsp3) is 0.250. The van der Waals surface area contributed by atoms with Gasteiger partial charge in [0.25, 0.3) is 0 Å². The van der Waals surface area contributed by atoms with E-state index in [2.05, 4.69) is 22.1 Å². The molecule has 1 aromatic carbocycles. The number of benzene rings is 1. The third-order valence-corrected chi connectivity index (χ3v) is 3.15. The molecule has 0 bridgehead atoms. The lowest BCUT2D eigenvalue weighted by Gasteiger charge is -2.03. The van der Waals surface area contributed by atoms with Crippen molar-refractivity contribution < 1.29 is 9.47 Å². The minimum absolute atomic E-state index is 0.0547. The van der Waals surface area contributed by atoms with Gasteiger partial charge in [0.1, 0.15) is 18.3 Å². The SMILES string of the molecule is COCc1cccc(C2=N[C@H](c3ccccc3)CO2)n1. The first-order valence-corrected chi connectivity index (χ1v) is 6.57. The molecule has 1 aliphatic rings. The summed E-state index contributed by atoms with van der Waals surface area (Å²) < 4.78 is 10.8. The Morgan fingerprint density at radius 3 is 2.80 bits per heavy atom. The smallest absolute Gasteiger partial charge is 0.236 e. The molecule has 0 aliphatic carbocycles. The molecule has 0 amide bonds. The average molecular weight is 268 g/mol. The summed E-state index contributed by atoms with van der Waals surface area (Å²) in [6.07, 6.45) is 0. The summed E-state index contributed by atoms with van der Waals surface area (Å²) in [5.41, 5.74) is 2.80. The summed E-state index contributed by atoms with van der Waals surface area (Å²) in [4.78, 5) is 9.11. The van der Waals surface area contributed by atoms with Crippen LogP contribution in [0.5, 0.6) is 0 Å². The van der Waals surface area contributed by atoms with Crippen LogP contribution in [0, 0.1) is 0 Å². The van der Waals surface area contributed by atoms with Crippen LogP contribution in [0.15, 0.2) is 53.5 Å². The molecular formula is C16H16N2O2. The second kappa shape index (κ2) is 5.84. The fourth-order valence-corrected chi connectivity index (χ4v) is 2.19. The molecule has 1 aliphatic heterocycles. The minimum Gasteiger partial charge on any atom is -0.474 e. The zero-order valence-corrected chi connectivity index (χ0v) is 11.3. The molecule has 4 nitrogen and oxygen atoms in total. The highest BCUT2D eigenvalue weighted by Gasteiger charge is 2.22. The number of hydrogen-bond donors (Lipinski definition) is 0. The molecule has 102 valence electrons. The molecule has 0 fully saturated rings. The lowest BCUT2D eigenvalue weighted by atomic mass is 10.1. The molecule has 2 aromatic rings. The van der Waals surface area contributed by atoms with Crippen LogP contribution in [0.1, 0.15) is 23.0 Å². The van der Waals surface area contributed by atoms with Crippen LogP contribution >= 0.6 is 0 Å². The third kappa shape index (κ3) is 2.70. The van der Waals surface area contributed by atoms with E-state index in [1.165, 1.54) is 0 Å². The predicted molar refractivity (Wildman–Crippen MR) is 76.6 cm³/mol. The Hall–Kier alpha value is -2.20. The number of nitrogens with zero attached hydrogens (tertiary/aromatic N) is 2. The highest BCUT2D eigenvalue weighted by Crippen LogP contribution is 2.24. The number of methoxy groups -OCH3 is 1. The van der Waals surface area contributed by atoms with Crippen molar-refractivity contribution in [2.24, 2.45) is 4.99 Å². The molecule has 4 heteroatoms. The fourth-order valence-electron chi connectivity index (χ4n) is 2.19. The Kier molecular flexibility index (Phi) is 3.74. The van der Waals surface area contributed by atoms with Gasteiger partial charge in [-0.2, -0.15) is 0 Å². The Morgan fingerprint density at radius 2 is 2.00 bits per heavy atom. The van der Waals surface area contributed by atoms with Gasteiger partial charge in [0.2, 0.25) is 5.90 Å². The van der Waals surface area contributed by atoms with E-state index >= 15 is 0 Å². The minimum atomic E-state index is 0.0547. The van der Waals surface area contributed by atoms with Crippen LogP contribution in [0.25, 0.3) is 0 Å². The van der Waals surface area contributed by atoms with Gasteiger partial charge in [-0.25, -0.2) is 9.98 Å². The quantitative estimate of drug-likeness (QED) is 0.856. The van der Waals surface area contributed by atoms with Crippen LogP contribution < -0.4 is 0 Å². The number of aliphatic imine (C=N–C) groups is 1. The van der Waals surface area contributed by atoms with Crippen molar-refractivity contribution in [3.05, 3.63) is 65.5 Å². The number of aromatic nitrogens is 1. The molecule has 0 saturated heterocycles. The Balaban J connectivity index is 1.83. The van der Waals surface area contributed by atoms with E-state index < -0.39 is 0 Å². The molecule has 0 radical (unpaired) electrons. The molecule has 1 aromatic heterocycles. The van der Waals surface area contributed by atoms with E-state index in [0.29, 0.717) is 19.1 Å². The van der Waals surface area contributed by atoms with Crippen LogP contribution in [0.2, 0.25) is 0 Å². The molecule has 20 heavy (non-hydrogen) atoms. The van der Waals surface area contributed by atoms with Crippen molar-refractivity contribution in [2.45, 2.75) is 12.6 Å². The maximum atomic E-state index is 5.69. The van der Waals surface area contributed by atoms with Crippen molar-refractivity contribution in [3.8, 4) is 0 Å². The largest absolute Gasteiger partial charge is 0.474 e. The summed E-state index contributed by atoms with van der Waals surface area (Å²) in [6.45, 7) is 1.05. The number of pyridine rings is 1. The Labute approximate surface area is 118 Å². The molecular weight excluding hydrogens is 252 g/mol. The molecule has 0 unspecified atom stereocenters. The van der Waals surface area contributed by atoms with Gasteiger partial charge in [0.05, 0.1) is 12.3 Å². The van der Waals surface area contributed by atoms with Gasteiger partial charge in [0, 0.05) is 7.11 Å². The van der Waals surface area contributed by atoms with Gasteiger partial charge in [-0.1, -0.05) is 36.4 Å². The molecule has 3 rings (SSSR count). The van der Waals surface area contributed by atoms with Gasteiger partial charge in [-0.3, -0.25) is 0 Å². The first kappa shape index (κ1) is 12.8. The van der Waals surface area contributed by atoms with Crippen LogP contribution in [0.3, 0.4) is 0 Å². The van der Waals surface area contributed by atoms with Crippen molar-refractivity contribution in [1.29, 1.82) is 0 Å². The van der Waals surface area contributed by atoms with E-state index in [1.54, 1.807) is 7.11 Å². The van der Waals surface area contributed by atoms with Gasteiger partial charge in [-0.15, -0.1) is 0 Å². The highest BCUT2D eigenvalue weighted by molar-refractivity contribution is 5.93. The molecule has 0 N–H and O–H groups in total. The zero-order valence-electron chi connectivity index (χ0n) is 11.3. The lowest BCUT2D eigenvalue weighted by Crippen LogP contribution is -2.06. The van der Waals surface area contributed by atoms with Gasteiger partial charge in [-0.05, 0) is 17.7 Å². The van der Waals surface area contributed by atoms with Crippen molar-refractivity contribution in [3.63, 3.8) is 0 Å². The van der Waals surface area contributed by atoms with E-state index in [4.69, 9.17) is 9.47 Å². The summed E-state index contributed by atoms with van der Waals surface area (Å²) in [5, 5.41) is 0. The van der Waals surface area contributed by atoms with Crippen molar-refractivity contribution >= 4 is 5.90 Å². The second-order valence-corrected chi connectivity index (χ2v) is 4.62. The normalized spacial score (nSPS) is 17.6. The molecule has 0 spiro atoms. The first-order chi connectivity index (χ1) is 9.86. The van der Waals surface area contributed by atoms with Gasteiger partial charge < -0.3 is 9.47 Å². The number of ether oxygens (including phenoxy) is 2. The van der Waals surface area contributed by atoms with E-state index in [1.807, 2.05) is 36.4 Å². The summed E-state index contributed by atoms with van der Waals surface area (Å²) in [7, 11) is 1.66. The monoisotopic (exact) mass is 268 g/mol. The third-order valence-electron chi connectivity index (χ3n) is 3.15. The zero-order chi connectivity index (χ0) is 13.8. The van der Waals surface area contributed by atoms with Crippen LogP contribution in [0.4, 0.5) is 0 Å². The van der Waals surface area contributed by atoms with Crippen LogP contribution in [-0.2, 0) is 16.1 Å². The number of hydrogen-bond acceptors (Lipinski definition) is 4. The van der Waals surface area contributed by atoms with Crippen LogP contribution in [-0.4, -0.2) is 24.6 Å². The maximum Gasteiger partial charge on any atom is 0.236 e. The van der Waals surface area contributed by atoms with E-state index in [9.17, 15) is 0 Å². The Bertz CT molecular complexity index is 611. The second-order valence-electron chi connectivity index (χ2n) is 4.62. The first-order valence-electron chi connectivity index (χ1n) is 6.57. The summed E-state index contributed by atoms with van der Waals surface area (Å²) >= 11 is 0. The lowest BCUT2D eigenvalue weighted by molar-refractivity contribution is 0.181. The van der Waals surface area contributed by atoms with Crippen molar-refractivity contribution in [1.82, 2.24) is 4.98 Å². The molecule has 0 saturated carbocycles. The topological polar surface area (TPSA) is 43.7 Å². The van der Waals surface area contributed by atoms with Gasteiger partial charge >= 0.3 is 0 Å². The summed E-state index contributed by atoms with van der Waals surface area (Å²) in [5.74, 6) is 0.608. The van der Waals surface area contributed by atoms with E-state index in [0.717, 1.165) is 17.0 Å². The number of rotatable bonds is 4. The molecule has 1 atom stereocenters. The standard InChI is InChI=1S/C16H16N2O2/c1-19-10-13-8-5-9-14(17-13)16-18-15(11-20-16)12-6-3-2-4-7-12/h2-9,15H,10-11H2,1H3/t15-/m0/s1. The average Bonchev–Trinajstić information content (AvgIpc) is 2.99. The highest BCUT2D eigenvalue weighted by atomic mass is 16.5. The predicted octanol–water partition coefficient (Wildman–Crippen LogP) is 2.75.